The minimum absolute atomic E-state index is 0.00155. The number of nitrogens with zero attached hydrogens (tertiary/aromatic N) is 1. The predicted octanol–water partition coefficient (Wildman–Crippen LogP) is 0.341. The van der Waals surface area contributed by atoms with Crippen LogP contribution in [0.4, 0.5) is 0 Å². The Balaban J connectivity index is 2.67. The Kier molecular flexibility index (Phi) is 7.23. The van der Waals surface area contributed by atoms with Crippen molar-refractivity contribution < 1.29 is 9.53 Å². The highest BCUT2D eigenvalue weighted by molar-refractivity contribution is 5.81. The van der Waals surface area contributed by atoms with Crippen LogP contribution in [-0.4, -0.2) is 56.7 Å². The van der Waals surface area contributed by atoms with Crippen molar-refractivity contribution in [3.05, 3.63) is 0 Å². The first-order chi connectivity index (χ1) is 8.74. The van der Waals surface area contributed by atoms with Crippen molar-refractivity contribution in [2.75, 3.05) is 33.9 Å². The van der Waals surface area contributed by atoms with E-state index in [2.05, 4.69) is 10.2 Å². The lowest BCUT2D eigenvalue weighted by molar-refractivity contribution is -0.129. The summed E-state index contributed by atoms with van der Waals surface area (Å²) in [6, 6.07) is 0.308. The van der Waals surface area contributed by atoms with Crippen LogP contribution < -0.4 is 11.1 Å². The minimum atomic E-state index is 0.00155. The predicted molar refractivity (Wildman–Crippen MR) is 72.4 cm³/mol. The summed E-state index contributed by atoms with van der Waals surface area (Å²) in [5, 5.41) is 2.77. The summed E-state index contributed by atoms with van der Waals surface area (Å²) in [5.74, 6) is 0.128. The van der Waals surface area contributed by atoms with Gasteiger partial charge in [-0.25, -0.2) is 0 Å². The van der Waals surface area contributed by atoms with Crippen LogP contribution in [-0.2, 0) is 9.53 Å². The molecule has 1 rings (SSSR count). The van der Waals surface area contributed by atoms with E-state index in [9.17, 15) is 4.79 Å². The van der Waals surface area contributed by atoms with E-state index in [4.69, 9.17) is 10.5 Å². The summed E-state index contributed by atoms with van der Waals surface area (Å²) in [7, 11) is 3.43. The van der Waals surface area contributed by atoms with Gasteiger partial charge in [-0.3, -0.25) is 9.69 Å². The molecule has 1 heterocycles. The second kappa shape index (κ2) is 8.45. The lowest BCUT2D eigenvalue weighted by Gasteiger charge is -2.40. The first kappa shape index (κ1) is 15.4. The maximum Gasteiger partial charge on any atom is 0.237 e. The van der Waals surface area contributed by atoms with E-state index in [-0.39, 0.29) is 11.9 Å². The number of hydrogen-bond acceptors (Lipinski definition) is 4. The molecule has 1 aliphatic heterocycles. The van der Waals surface area contributed by atoms with Crippen molar-refractivity contribution in [3.63, 3.8) is 0 Å². The standard InChI is InChI=1S/C13H27N3O2/c1-15-13(17)12-7-3-4-9-16(12)11(10-18-2)6-5-8-14/h11-12H,3-10,14H2,1-2H3,(H,15,17). The molecule has 0 aromatic rings. The maximum atomic E-state index is 11.9. The van der Waals surface area contributed by atoms with Gasteiger partial charge in [-0.05, 0) is 38.8 Å². The fourth-order valence-corrected chi connectivity index (χ4v) is 2.73. The van der Waals surface area contributed by atoms with Crippen LogP contribution in [0.1, 0.15) is 32.1 Å². The molecule has 0 spiro atoms. The maximum absolute atomic E-state index is 11.9. The number of likely N-dealkylation sites (tertiary alicyclic amines) is 1. The van der Waals surface area contributed by atoms with Crippen LogP contribution in [0.25, 0.3) is 0 Å². The summed E-state index contributed by atoms with van der Waals surface area (Å²) in [4.78, 5) is 14.2. The van der Waals surface area contributed by atoms with Crippen molar-refractivity contribution in [1.82, 2.24) is 10.2 Å². The number of ether oxygens (including phenoxy) is 1. The molecular weight excluding hydrogens is 230 g/mol. The number of carbonyl (C=O) groups is 1. The molecule has 0 radical (unpaired) electrons. The lowest BCUT2D eigenvalue weighted by atomic mass is 9.97. The molecule has 0 aromatic carbocycles. The molecule has 0 aromatic heterocycles. The van der Waals surface area contributed by atoms with Crippen LogP contribution in [0.5, 0.6) is 0 Å². The first-order valence-electron chi connectivity index (χ1n) is 6.91. The summed E-state index contributed by atoms with van der Waals surface area (Å²) in [6.07, 6.45) is 5.22. The van der Waals surface area contributed by atoms with Gasteiger partial charge in [-0.1, -0.05) is 6.42 Å². The summed E-state index contributed by atoms with van der Waals surface area (Å²) in [5.41, 5.74) is 5.58. The molecule has 2 unspecified atom stereocenters. The number of nitrogens with two attached hydrogens (primary N) is 1. The van der Waals surface area contributed by atoms with Crippen molar-refractivity contribution in [2.24, 2.45) is 5.73 Å². The Bertz CT molecular complexity index is 248. The number of hydrogen-bond donors (Lipinski definition) is 2. The van der Waals surface area contributed by atoms with Gasteiger partial charge in [0.1, 0.15) is 0 Å². The van der Waals surface area contributed by atoms with E-state index in [0.29, 0.717) is 19.2 Å². The van der Waals surface area contributed by atoms with Crippen molar-refractivity contribution in [2.45, 2.75) is 44.2 Å². The van der Waals surface area contributed by atoms with E-state index in [1.165, 1.54) is 0 Å². The zero-order valence-corrected chi connectivity index (χ0v) is 11.7. The summed E-state index contributed by atoms with van der Waals surface area (Å²) >= 11 is 0. The number of likely N-dealkylation sites (N-methyl/N-ethyl adjacent to an activating group) is 1. The van der Waals surface area contributed by atoms with E-state index < -0.39 is 0 Å². The van der Waals surface area contributed by atoms with Gasteiger partial charge in [-0.15, -0.1) is 0 Å². The Labute approximate surface area is 110 Å². The molecule has 1 amide bonds. The molecule has 3 N–H and O–H groups in total. The van der Waals surface area contributed by atoms with Gasteiger partial charge in [0.05, 0.1) is 12.6 Å². The molecule has 1 saturated heterocycles. The van der Waals surface area contributed by atoms with E-state index in [1.54, 1.807) is 14.2 Å². The Morgan fingerprint density at radius 2 is 2.33 bits per heavy atom. The molecule has 0 aliphatic carbocycles. The molecule has 5 heteroatoms. The van der Waals surface area contributed by atoms with Crippen LogP contribution in [0.15, 0.2) is 0 Å². The second-order valence-corrected chi connectivity index (χ2v) is 4.90. The normalized spacial score (nSPS) is 22.7. The van der Waals surface area contributed by atoms with Gasteiger partial charge in [0.2, 0.25) is 5.91 Å². The monoisotopic (exact) mass is 257 g/mol. The highest BCUT2D eigenvalue weighted by Gasteiger charge is 2.32. The number of rotatable bonds is 7. The molecule has 2 atom stereocenters. The third-order valence-electron chi connectivity index (χ3n) is 3.66. The van der Waals surface area contributed by atoms with Gasteiger partial charge in [0.25, 0.3) is 0 Å². The van der Waals surface area contributed by atoms with Crippen LogP contribution >= 0.6 is 0 Å². The van der Waals surface area contributed by atoms with Crippen molar-refractivity contribution in [3.8, 4) is 0 Å². The first-order valence-corrected chi connectivity index (χ1v) is 6.91. The van der Waals surface area contributed by atoms with Crippen LogP contribution in [0.3, 0.4) is 0 Å². The molecule has 106 valence electrons. The zero-order valence-electron chi connectivity index (χ0n) is 11.7. The summed E-state index contributed by atoms with van der Waals surface area (Å²) < 4.78 is 5.30. The topological polar surface area (TPSA) is 67.6 Å². The van der Waals surface area contributed by atoms with Crippen LogP contribution in [0.2, 0.25) is 0 Å². The second-order valence-electron chi connectivity index (χ2n) is 4.90. The Morgan fingerprint density at radius 1 is 1.56 bits per heavy atom. The van der Waals surface area contributed by atoms with Gasteiger partial charge in [-0.2, -0.15) is 0 Å². The highest BCUT2D eigenvalue weighted by atomic mass is 16.5. The minimum Gasteiger partial charge on any atom is -0.383 e. The third-order valence-corrected chi connectivity index (χ3v) is 3.66. The molecule has 18 heavy (non-hydrogen) atoms. The average Bonchev–Trinajstić information content (AvgIpc) is 2.42. The molecule has 0 bridgehead atoms. The Morgan fingerprint density at radius 3 is 2.94 bits per heavy atom. The number of piperidine rings is 1. The smallest absolute Gasteiger partial charge is 0.237 e. The van der Waals surface area contributed by atoms with E-state index in [0.717, 1.165) is 38.6 Å². The largest absolute Gasteiger partial charge is 0.383 e. The zero-order chi connectivity index (χ0) is 13.4. The van der Waals surface area contributed by atoms with E-state index >= 15 is 0 Å². The van der Waals surface area contributed by atoms with Gasteiger partial charge in [0, 0.05) is 20.2 Å². The highest BCUT2D eigenvalue weighted by Crippen LogP contribution is 2.22. The molecular formula is C13H27N3O2. The molecule has 0 saturated carbocycles. The third kappa shape index (κ3) is 4.23. The van der Waals surface area contributed by atoms with Gasteiger partial charge in [0.15, 0.2) is 0 Å². The van der Waals surface area contributed by atoms with Crippen molar-refractivity contribution in [1.29, 1.82) is 0 Å². The fraction of sp³-hybridized carbons (Fsp3) is 0.923. The Hall–Kier alpha value is -0.650. The number of amides is 1. The number of methoxy groups -OCH3 is 1. The quantitative estimate of drug-likeness (QED) is 0.690. The number of nitrogens with one attached hydrogen (secondary N) is 1. The average molecular weight is 257 g/mol. The SMILES string of the molecule is CNC(=O)C1CCCCN1C(CCCN)COC. The van der Waals surface area contributed by atoms with Gasteiger partial charge >= 0.3 is 0 Å². The fourth-order valence-electron chi connectivity index (χ4n) is 2.73. The number of carbonyl (C=O) groups excluding carboxylic acids is 1. The molecule has 1 fully saturated rings. The van der Waals surface area contributed by atoms with E-state index in [1.807, 2.05) is 0 Å². The van der Waals surface area contributed by atoms with Crippen molar-refractivity contribution >= 4 is 5.91 Å². The van der Waals surface area contributed by atoms with Gasteiger partial charge < -0.3 is 15.8 Å². The van der Waals surface area contributed by atoms with Crippen LogP contribution in [0, 0.1) is 0 Å². The molecule has 1 aliphatic rings. The lowest BCUT2D eigenvalue weighted by Crippen LogP contribution is -2.54. The molecule has 5 nitrogen and oxygen atoms in total. The summed E-state index contributed by atoms with van der Waals surface area (Å²) in [6.45, 7) is 2.35.